The van der Waals surface area contributed by atoms with Crippen LogP contribution in [0.2, 0.25) is 0 Å². The quantitative estimate of drug-likeness (QED) is 0.595. The molecule has 1 aliphatic carbocycles. The molecule has 0 fully saturated rings. The lowest BCUT2D eigenvalue weighted by Crippen LogP contribution is -2.21. The van der Waals surface area contributed by atoms with Gasteiger partial charge in [-0.15, -0.1) is 11.3 Å². The Kier molecular flexibility index (Phi) is 3.46. The maximum atomic E-state index is 12.6. The van der Waals surface area contributed by atoms with Crippen LogP contribution < -0.4 is 11.0 Å². The monoisotopic (exact) mass is 324 g/mol. The van der Waals surface area contributed by atoms with Crippen LogP contribution in [0.15, 0.2) is 40.2 Å². The van der Waals surface area contributed by atoms with E-state index in [1.807, 2.05) is 30.3 Å². The van der Waals surface area contributed by atoms with E-state index in [-0.39, 0.29) is 5.56 Å². The van der Waals surface area contributed by atoms with Crippen molar-refractivity contribution in [3.8, 4) is 0 Å². The van der Waals surface area contributed by atoms with Crippen molar-refractivity contribution in [1.82, 2.24) is 9.55 Å². The molecule has 4 rings (SSSR count). The van der Waals surface area contributed by atoms with E-state index in [2.05, 4.69) is 15.5 Å². The molecule has 0 unspecified atom stereocenters. The number of thiophene rings is 1. The summed E-state index contributed by atoms with van der Waals surface area (Å²) in [5.74, 6) is 0.467. The van der Waals surface area contributed by atoms with Gasteiger partial charge in [0.1, 0.15) is 4.83 Å². The van der Waals surface area contributed by atoms with Gasteiger partial charge in [0.05, 0.1) is 11.6 Å². The maximum Gasteiger partial charge on any atom is 0.263 e. The van der Waals surface area contributed by atoms with Gasteiger partial charge in [-0.05, 0) is 30.4 Å². The van der Waals surface area contributed by atoms with Gasteiger partial charge in [-0.25, -0.2) is 10.4 Å². The van der Waals surface area contributed by atoms with Crippen molar-refractivity contribution >= 4 is 33.7 Å². The predicted octanol–water partition coefficient (Wildman–Crippen LogP) is 2.93. The van der Waals surface area contributed by atoms with E-state index in [0.29, 0.717) is 5.95 Å². The average Bonchev–Trinajstić information content (AvgIpc) is 3.13. The standard InChI is InChI=1S/C17H16N4OS/c1-21-16(22)14-12-8-5-9-13(12)23-15(14)19-17(21)20-18-10-11-6-3-2-4-7-11/h2-4,6-7,10H,5,8-9H2,1H3,(H,19,20). The molecule has 116 valence electrons. The molecule has 2 aromatic heterocycles. The summed E-state index contributed by atoms with van der Waals surface area (Å²) in [6.07, 6.45) is 4.91. The van der Waals surface area contributed by atoms with Gasteiger partial charge in [-0.2, -0.15) is 5.10 Å². The van der Waals surface area contributed by atoms with Crippen LogP contribution in [0.25, 0.3) is 10.2 Å². The number of aryl methyl sites for hydroxylation is 2. The summed E-state index contributed by atoms with van der Waals surface area (Å²) in [5, 5.41) is 4.99. The molecule has 23 heavy (non-hydrogen) atoms. The molecule has 0 radical (unpaired) electrons. The predicted molar refractivity (Wildman–Crippen MR) is 94.5 cm³/mol. The fourth-order valence-electron chi connectivity index (χ4n) is 2.93. The summed E-state index contributed by atoms with van der Waals surface area (Å²) >= 11 is 1.64. The Balaban J connectivity index is 1.70. The van der Waals surface area contributed by atoms with Gasteiger partial charge in [0.15, 0.2) is 0 Å². The summed E-state index contributed by atoms with van der Waals surface area (Å²) in [5.41, 5.74) is 5.09. The third-order valence-electron chi connectivity index (χ3n) is 4.12. The lowest BCUT2D eigenvalue weighted by Gasteiger charge is -2.06. The minimum atomic E-state index is 0.00631. The largest absolute Gasteiger partial charge is 0.280 e. The summed E-state index contributed by atoms with van der Waals surface area (Å²) in [6, 6.07) is 9.79. The summed E-state index contributed by atoms with van der Waals surface area (Å²) < 4.78 is 1.54. The van der Waals surface area contributed by atoms with Crippen LogP contribution in [0.4, 0.5) is 5.95 Å². The van der Waals surface area contributed by atoms with Crippen LogP contribution in [0.3, 0.4) is 0 Å². The van der Waals surface area contributed by atoms with Crippen LogP contribution in [0.1, 0.15) is 22.4 Å². The molecule has 0 saturated heterocycles. The Bertz CT molecular complexity index is 956. The Morgan fingerprint density at radius 1 is 1.30 bits per heavy atom. The Morgan fingerprint density at radius 2 is 2.13 bits per heavy atom. The zero-order valence-corrected chi connectivity index (χ0v) is 13.6. The molecule has 0 bridgehead atoms. The molecule has 5 nitrogen and oxygen atoms in total. The zero-order valence-electron chi connectivity index (χ0n) is 12.7. The minimum Gasteiger partial charge on any atom is -0.280 e. The van der Waals surface area contributed by atoms with Crippen molar-refractivity contribution in [3.63, 3.8) is 0 Å². The first-order valence-corrected chi connectivity index (χ1v) is 8.41. The first kappa shape index (κ1) is 14.1. The number of rotatable bonds is 3. The molecule has 1 aliphatic rings. The third-order valence-corrected chi connectivity index (χ3v) is 5.31. The number of nitrogens with zero attached hydrogens (tertiary/aromatic N) is 3. The van der Waals surface area contributed by atoms with E-state index in [1.165, 1.54) is 15.0 Å². The molecule has 0 atom stereocenters. The van der Waals surface area contributed by atoms with E-state index in [4.69, 9.17) is 0 Å². The summed E-state index contributed by atoms with van der Waals surface area (Å²) in [4.78, 5) is 19.4. The summed E-state index contributed by atoms with van der Waals surface area (Å²) in [6.45, 7) is 0. The molecule has 0 spiro atoms. The van der Waals surface area contributed by atoms with Gasteiger partial charge in [0.2, 0.25) is 5.95 Å². The van der Waals surface area contributed by atoms with E-state index in [1.54, 1.807) is 24.6 Å². The lowest BCUT2D eigenvalue weighted by molar-refractivity contribution is 0.845. The average molecular weight is 324 g/mol. The van der Waals surface area contributed by atoms with E-state index >= 15 is 0 Å². The number of hydrogen-bond acceptors (Lipinski definition) is 5. The smallest absolute Gasteiger partial charge is 0.263 e. The number of benzene rings is 1. The number of hydrogen-bond donors (Lipinski definition) is 1. The van der Waals surface area contributed by atoms with Crippen molar-refractivity contribution in [2.75, 3.05) is 5.43 Å². The molecular formula is C17H16N4OS. The molecule has 6 heteroatoms. The molecular weight excluding hydrogens is 308 g/mol. The second kappa shape index (κ2) is 5.62. The molecule has 0 saturated carbocycles. The van der Waals surface area contributed by atoms with Gasteiger partial charge < -0.3 is 0 Å². The SMILES string of the molecule is Cn1c(NN=Cc2ccccc2)nc2sc3c(c2c1=O)CCC3. The lowest BCUT2D eigenvalue weighted by atomic mass is 10.2. The number of anilines is 1. The van der Waals surface area contributed by atoms with Gasteiger partial charge in [0.25, 0.3) is 5.56 Å². The zero-order chi connectivity index (χ0) is 15.8. The van der Waals surface area contributed by atoms with Gasteiger partial charge in [-0.1, -0.05) is 30.3 Å². The second-order valence-electron chi connectivity index (χ2n) is 5.62. The van der Waals surface area contributed by atoms with Gasteiger partial charge in [-0.3, -0.25) is 9.36 Å². The number of aromatic nitrogens is 2. The molecule has 2 heterocycles. The van der Waals surface area contributed by atoms with Crippen molar-refractivity contribution in [1.29, 1.82) is 0 Å². The molecule has 0 amide bonds. The fourth-order valence-corrected chi connectivity index (χ4v) is 4.18. The maximum absolute atomic E-state index is 12.6. The van der Waals surface area contributed by atoms with Gasteiger partial charge in [0, 0.05) is 11.9 Å². The minimum absolute atomic E-state index is 0.00631. The number of nitrogens with one attached hydrogen (secondary N) is 1. The number of hydrazone groups is 1. The molecule has 1 N–H and O–H groups in total. The Hall–Kier alpha value is -2.47. The molecule has 3 aromatic rings. The Labute approximate surface area is 137 Å². The highest BCUT2D eigenvalue weighted by Crippen LogP contribution is 2.34. The highest BCUT2D eigenvalue weighted by Gasteiger charge is 2.22. The van der Waals surface area contributed by atoms with E-state index in [0.717, 1.165) is 35.0 Å². The first-order chi connectivity index (χ1) is 11.2. The van der Waals surface area contributed by atoms with Crippen LogP contribution >= 0.6 is 11.3 Å². The third kappa shape index (κ3) is 2.45. The van der Waals surface area contributed by atoms with Crippen molar-refractivity contribution in [2.45, 2.75) is 19.3 Å². The van der Waals surface area contributed by atoms with Crippen LogP contribution in [-0.4, -0.2) is 15.8 Å². The Morgan fingerprint density at radius 3 is 2.96 bits per heavy atom. The molecule has 0 aliphatic heterocycles. The summed E-state index contributed by atoms with van der Waals surface area (Å²) in [7, 11) is 1.73. The highest BCUT2D eigenvalue weighted by atomic mass is 32.1. The van der Waals surface area contributed by atoms with Gasteiger partial charge >= 0.3 is 0 Å². The van der Waals surface area contributed by atoms with Crippen molar-refractivity contribution in [3.05, 3.63) is 56.7 Å². The van der Waals surface area contributed by atoms with E-state index < -0.39 is 0 Å². The first-order valence-electron chi connectivity index (χ1n) is 7.59. The van der Waals surface area contributed by atoms with Crippen LogP contribution in [0, 0.1) is 0 Å². The fraction of sp³-hybridized carbons (Fsp3) is 0.235. The number of fused-ring (bicyclic) bond motifs is 3. The van der Waals surface area contributed by atoms with Crippen molar-refractivity contribution in [2.24, 2.45) is 12.1 Å². The topological polar surface area (TPSA) is 59.3 Å². The van der Waals surface area contributed by atoms with Crippen LogP contribution in [-0.2, 0) is 19.9 Å². The van der Waals surface area contributed by atoms with Crippen molar-refractivity contribution < 1.29 is 0 Å². The molecule has 1 aromatic carbocycles. The highest BCUT2D eigenvalue weighted by molar-refractivity contribution is 7.18. The van der Waals surface area contributed by atoms with E-state index in [9.17, 15) is 4.79 Å². The normalized spacial score (nSPS) is 13.8. The van der Waals surface area contributed by atoms with Crippen LogP contribution in [0.5, 0.6) is 0 Å². The second-order valence-corrected chi connectivity index (χ2v) is 6.70.